The van der Waals surface area contributed by atoms with Gasteiger partial charge in [0, 0.05) is 18.3 Å². The summed E-state index contributed by atoms with van der Waals surface area (Å²) in [5.41, 5.74) is 0.638. The highest BCUT2D eigenvalue weighted by atomic mass is 16.4. The number of carbonyl (C=O) groups is 2. The molecule has 1 atom stereocenters. The largest absolute Gasteiger partial charge is 0.480 e. The molecule has 4 N–H and O–H groups in total. The van der Waals surface area contributed by atoms with E-state index < -0.39 is 17.9 Å². The van der Waals surface area contributed by atoms with Gasteiger partial charge in [0.25, 0.3) is 0 Å². The fourth-order valence-electron chi connectivity index (χ4n) is 1.31. The van der Waals surface area contributed by atoms with Crippen molar-refractivity contribution in [1.82, 2.24) is 20.6 Å². The highest BCUT2D eigenvalue weighted by Crippen LogP contribution is 1.98. The van der Waals surface area contributed by atoms with Crippen LogP contribution in [0.5, 0.6) is 0 Å². The number of rotatable bonds is 7. The molecule has 1 amide bonds. The predicted octanol–water partition coefficient (Wildman–Crippen LogP) is -1.26. The van der Waals surface area contributed by atoms with Gasteiger partial charge < -0.3 is 15.4 Å². The second-order valence-electron chi connectivity index (χ2n) is 3.55. The van der Waals surface area contributed by atoms with Gasteiger partial charge in [0.1, 0.15) is 6.04 Å². The van der Waals surface area contributed by atoms with Gasteiger partial charge >= 0.3 is 5.97 Å². The van der Waals surface area contributed by atoms with Crippen LogP contribution in [0.1, 0.15) is 5.69 Å². The molecule has 1 heterocycles. The Kier molecular flexibility index (Phi) is 5.41. The Balaban J connectivity index is 2.45. The van der Waals surface area contributed by atoms with Crippen LogP contribution < -0.4 is 10.6 Å². The predicted molar refractivity (Wildman–Crippen MR) is 63.6 cm³/mol. The monoisotopic (exact) mass is 250 g/mol. The van der Waals surface area contributed by atoms with Crippen molar-refractivity contribution < 1.29 is 14.7 Å². The molecule has 0 aliphatic carbocycles. The van der Waals surface area contributed by atoms with E-state index in [-0.39, 0.29) is 19.5 Å². The van der Waals surface area contributed by atoms with Crippen molar-refractivity contribution in [3.63, 3.8) is 0 Å². The van der Waals surface area contributed by atoms with Crippen LogP contribution in [0.4, 0.5) is 0 Å². The number of nitrogens with one attached hydrogen (secondary N) is 3. The number of aromatic nitrogens is 2. The van der Waals surface area contributed by atoms with Crippen LogP contribution >= 0.6 is 0 Å². The number of amides is 1. The van der Waals surface area contributed by atoms with Crippen molar-refractivity contribution in [2.45, 2.75) is 12.5 Å². The molecule has 1 aromatic heterocycles. The van der Waals surface area contributed by atoms with E-state index in [1.807, 2.05) is 0 Å². The molecule has 0 spiro atoms. The molecule has 1 aromatic rings. The molecule has 18 heavy (non-hydrogen) atoms. The minimum Gasteiger partial charge on any atom is -0.480 e. The van der Waals surface area contributed by atoms with Gasteiger partial charge in [-0.25, -0.2) is 9.78 Å². The lowest BCUT2D eigenvalue weighted by Crippen LogP contribution is -2.45. The molecule has 7 nitrogen and oxygen atoms in total. The number of aromatic amines is 1. The highest BCUT2D eigenvalue weighted by molar-refractivity contribution is 5.84. The van der Waals surface area contributed by atoms with E-state index in [2.05, 4.69) is 26.5 Å². The number of H-pyrrole nitrogens is 1. The Hall–Kier alpha value is -2.33. The van der Waals surface area contributed by atoms with Gasteiger partial charge in [-0.2, -0.15) is 0 Å². The topological polar surface area (TPSA) is 107 Å². The Bertz CT molecular complexity index is 436. The molecule has 0 radical (unpaired) electrons. The third-order valence-corrected chi connectivity index (χ3v) is 2.12. The number of carboxylic acid groups (broad SMARTS) is 1. The van der Waals surface area contributed by atoms with Crippen LogP contribution in [0.2, 0.25) is 0 Å². The SMILES string of the molecule is C#CCNCC(=O)N[C@@H](Cc1cnc[nH]1)C(=O)O. The molecule has 0 saturated carbocycles. The van der Waals surface area contributed by atoms with Gasteiger partial charge in [-0.1, -0.05) is 5.92 Å². The van der Waals surface area contributed by atoms with Crippen molar-refractivity contribution in [2.75, 3.05) is 13.1 Å². The molecule has 96 valence electrons. The Morgan fingerprint density at radius 3 is 2.94 bits per heavy atom. The number of terminal acetylenes is 1. The van der Waals surface area contributed by atoms with Crippen molar-refractivity contribution in [3.05, 3.63) is 18.2 Å². The van der Waals surface area contributed by atoms with E-state index in [0.29, 0.717) is 5.69 Å². The lowest BCUT2D eigenvalue weighted by Gasteiger charge is -2.13. The van der Waals surface area contributed by atoms with E-state index in [0.717, 1.165) is 0 Å². The lowest BCUT2D eigenvalue weighted by molar-refractivity contribution is -0.141. The maximum Gasteiger partial charge on any atom is 0.326 e. The summed E-state index contributed by atoms with van der Waals surface area (Å²) >= 11 is 0. The third-order valence-electron chi connectivity index (χ3n) is 2.12. The fraction of sp³-hybridized carbons (Fsp3) is 0.364. The zero-order chi connectivity index (χ0) is 13.4. The van der Waals surface area contributed by atoms with Gasteiger partial charge in [-0.15, -0.1) is 6.42 Å². The third kappa shape index (κ3) is 4.67. The minimum atomic E-state index is -1.10. The number of hydrogen-bond acceptors (Lipinski definition) is 4. The molecular weight excluding hydrogens is 236 g/mol. The lowest BCUT2D eigenvalue weighted by atomic mass is 10.1. The molecule has 0 aromatic carbocycles. The first-order valence-corrected chi connectivity index (χ1v) is 5.27. The van der Waals surface area contributed by atoms with Crippen molar-refractivity contribution >= 4 is 11.9 Å². The second-order valence-corrected chi connectivity index (χ2v) is 3.55. The molecule has 7 heteroatoms. The number of carboxylic acids is 1. The summed E-state index contributed by atoms with van der Waals surface area (Å²) in [7, 11) is 0. The second kappa shape index (κ2) is 7.09. The Morgan fingerprint density at radius 2 is 2.39 bits per heavy atom. The first-order chi connectivity index (χ1) is 8.63. The van der Waals surface area contributed by atoms with Gasteiger partial charge in [0.15, 0.2) is 0 Å². The Morgan fingerprint density at radius 1 is 1.61 bits per heavy atom. The van der Waals surface area contributed by atoms with E-state index >= 15 is 0 Å². The summed E-state index contributed by atoms with van der Waals surface area (Å²) < 4.78 is 0. The Labute approximate surface area is 104 Å². The average Bonchev–Trinajstić information content (AvgIpc) is 2.81. The van der Waals surface area contributed by atoms with Crippen molar-refractivity contribution in [2.24, 2.45) is 0 Å². The first-order valence-electron chi connectivity index (χ1n) is 5.27. The number of carbonyl (C=O) groups excluding carboxylic acids is 1. The van der Waals surface area contributed by atoms with E-state index in [1.165, 1.54) is 12.5 Å². The minimum absolute atomic E-state index is 0.0169. The van der Waals surface area contributed by atoms with Gasteiger partial charge in [0.2, 0.25) is 5.91 Å². The van der Waals surface area contributed by atoms with Crippen LogP contribution in [0.3, 0.4) is 0 Å². The van der Waals surface area contributed by atoms with Crippen LogP contribution in [0.15, 0.2) is 12.5 Å². The molecule has 0 unspecified atom stereocenters. The van der Waals surface area contributed by atoms with Crippen molar-refractivity contribution in [1.29, 1.82) is 0 Å². The summed E-state index contributed by atoms with van der Waals surface area (Å²) in [5.74, 6) is 0.794. The van der Waals surface area contributed by atoms with E-state index in [9.17, 15) is 9.59 Å². The molecule has 0 aliphatic rings. The average molecular weight is 250 g/mol. The number of hydrogen-bond donors (Lipinski definition) is 4. The summed E-state index contributed by atoms with van der Waals surface area (Å²) in [6.07, 6.45) is 8.12. The van der Waals surface area contributed by atoms with Crippen molar-refractivity contribution in [3.8, 4) is 12.3 Å². The van der Waals surface area contributed by atoms with E-state index in [1.54, 1.807) is 0 Å². The maximum atomic E-state index is 11.4. The molecule has 0 saturated heterocycles. The number of nitrogens with zero attached hydrogens (tertiary/aromatic N) is 1. The standard InChI is InChI=1S/C11H14N4O3/c1-2-3-12-6-10(16)15-9(11(17)18)4-8-5-13-7-14-8/h1,5,7,9,12H,3-4,6H2,(H,13,14)(H,15,16)(H,17,18)/t9-/m0/s1. The van der Waals surface area contributed by atoms with Crippen LogP contribution in [-0.4, -0.2) is 46.1 Å². The smallest absolute Gasteiger partial charge is 0.326 e. The van der Waals surface area contributed by atoms with E-state index in [4.69, 9.17) is 11.5 Å². The maximum absolute atomic E-state index is 11.4. The van der Waals surface area contributed by atoms with Crippen LogP contribution in [0.25, 0.3) is 0 Å². The molecule has 1 rings (SSSR count). The normalized spacial score (nSPS) is 11.5. The number of aliphatic carboxylic acids is 1. The molecule has 0 fully saturated rings. The summed E-state index contributed by atoms with van der Waals surface area (Å²) in [6.45, 7) is 0.239. The highest BCUT2D eigenvalue weighted by Gasteiger charge is 2.20. The van der Waals surface area contributed by atoms with Gasteiger partial charge in [-0.3, -0.25) is 10.1 Å². The summed E-state index contributed by atoms with van der Waals surface area (Å²) in [6, 6.07) is -0.995. The molecule has 0 bridgehead atoms. The number of imidazole rings is 1. The first kappa shape index (κ1) is 13.7. The fourth-order valence-corrected chi connectivity index (χ4v) is 1.31. The summed E-state index contributed by atoms with van der Waals surface area (Å²) in [4.78, 5) is 29.0. The summed E-state index contributed by atoms with van der Waals surface area (Å²) in [5, 5.41) is 14.1. The van der Waals surface area contributed by atoms with Gasteiger partial charge in [0.05, 0.1) is 19.4 Å². The molecule has 0 aliphatic heterocycles. The zero-order valence-electron chi connectivity index (χ0n) is 9.64. The van der Waals surface area contributed by atoms with Gasteiger partial charge in [-0.05, 0) is 0 Å². The zero-order valence-corrected chi connectivity index (χ0v) is 9.64. The van der Waals surface area contributed by atoms with Crippen LogP contribution in [-0.2, 0) is 16.0 Å². The van der Waals surface area contributed by atoms with Crippen LogP contribution in [0, 0.1) is 12.3 Å². The molecular formula is C11H14N4O3. The quantitative estimate of drug-likeness (QED) is 0.357.